The van der Waals surface area contributed by atoms with Crippen LogP contribution in [-0.4, -0.2) is 34.2 Å². The van der Waals surface area contributed by atoms with Crippen molar-refractivity contribution in [2.45, 2.75) is 26.3 Å². The molecule has 2 N–H and O–H groups in total. The molecule has 22 heavy (non-hydrogen) atoms. The number of aryl methyl sites for hydroxylation is 2. The van der Waals surface area contributed by atoms with Crippen molar-refractivity contribution < 1.29 is 14.3 Å². The van der Waals surface area contributed by atoms with Crippen molar-refractivity contribution in [2.75, 3.05) is 18.5 Å². The third kappa shape index (κ3) is 2.57. The average molecular weight is 301 g/mol. The standard InChI is InChI=1S/C16H19N3O3/c1-10-11(2)22-15(17-10)18-16(21)19-8-7-12-5-3-4-6-13(12)14(19)9-20/h3-6,14,20H,7-9H2,1-2H3,(H,17,18,21). The van der Waals surface area contributed by atoms with Gasteiger partial charge in [-0.3, -0.25) is 5.32 Å². The zero-order chi connectivity index (χ0) is 15.7. The monoisotopic (exact) mass is 301 g/mol. The first kappa shape index (κ1) is 14.6. The van der Waals surface area contributed by atoms with Crippen LogP contribution >= 0.6 is 0 Å². The normalized spacial score (nSPS) is 17.2. The Kier molecular flexibility index (Phi) is 3.85. The topological polar surface area (TPSA) is 78.6 Å². The highest BCUT2D eigenvalue weighted by atomic mass is 16.4. The fraction of sp³-hybridized carbons (Fsp3) is 0.375. The molecule has 0 bridgehead atoms. The third-order valence-electron chi connectivity index (χ3n) is 4.09. The Morgan fingerprint density at radius 1 is 1.45 bits per heavy atom. The quantitative estimate of drug-likeness (QED) is 0.893. The Morgan fingerprint density at radius 2 is 2.23 bits per heavy atom. The Labute approximate surface area is 128 Å². The third-order valence-corrected chi connectivity index (χ3v) is 4.09. The second-order valence-electron chi connectivity index (χ2n) is 5.43. The second-order valence-corrected chi connectivity index (χ2v) is 5.43. The van der Waals surface area contributed by atoms with Crippen LogP contribution in [0, 0.1) is 13.8 Å². The molecule has 2 amide bonds. The first-order chi connectivity index (χ1) is 10.6. The molecule has 1 aliphatic rings. The molecule has 6 nitrogen and oxygen atoms in total. The Hall–Kier alpha value is -2.34. The van der Waals surface area contributed by atoms with Gasteiger partial charge in [-0.1, -0.05) is 24.3 Å². The van der Waals surface area contributed by atoms with Crippen molar-refractivity contribution in [1.29, 1.82) is 0 Å². The number of carbonyl (C=O) groups excluding carboxylic acids is 1. The molecule has 2 heterocycles. The van der Waals surface area contributed by atoms with Gasteiger partial charge in [0.15, 0.2) is 0 Å². The summed E-state index contributed by atoms with van der Waals surface area (Å²) in [7, 11) is 0. The summed E-state index contributed by atoms with van der Waals surface area (Å²) < 4.78 is 5.38. The summed E-state index contributed by atoms with van der Waals surface area (Å²) in [6.45, 7) is 4.05. The molecule has 0 spiro atoms. The number of aliphatic hydroxyl groups excluding tert-OH is 1. The summed E-state index contributed by atoms with van der Waals surface area (Å²) >= 11 is 0. The number of nitrogens with zero attached hydrogens (tertiary/aromatic N) is 2. The lowest BCUT2D eigenvalue weighted by Gasteiger charge is -2.35. The van der Waals surface area contributed by atoms with Crippen LogP contribution in [0.2, 0.25) is 0 Å². The fourth-order valence-electron chi connectivity index (χ4n) is 2.78. The summed E-state index contributed by atoms with van der Waals surface area (Å²) in [6.07, 6.45) is 0.768. The molecule has 1 atom stereocenters. The smallest absolute Gasteiger partial charge is 0.326 e. The minimum absolute atomic E-state index is 0.117. The number of carbonyl (C=O) groups is 1. The zero-order valence-electron chi connectivity index (χ0n) is 12.7. The highest BCUT2D eigenvalue weighted by Crippen LogP contribution is 2.29. The van der Waals surface area contributed by atoms with Crippen molar-refractivity contribution in [3.05, 3.63) is 46.8 Å². The molecule has 1 aliphatic heterocycles. The van der Waals surface area contributed by atoms with Gasteiger partial charge in [-0.2, -0.15) is 4.98 Å². The summed E-state index contributed by atoms with van der Waals surface area (Å²) in [5.41, 5.74) is 2.91. The maximum Gasteiger partial charge on any atom is 0.326 e. The minimum Gasteiger partial charge on any atom is -0.428 e. The molecule has 1 aromatic carbocycles. The molecule has 0 radical (unpaired) electrons. The number of fused-ring (bicyclic) bond motifs is 1. The highest BCUT2D eigenvalue weighted by Gasteiger charge is 2.30. The first-order valence-corrected chi connectivity index (χ1v) is 7.30. The van der Waals surface area contributed by atoms with E-state index in [0.29, 0.717) is 12.3 Å². The summed E-state index contributed by atoms with van der Waals surface area (Å²) in [4.78, 5) is 18.2. The van der Waals surface area contributed by atoms with Crippen molar-refractivity contribution in [3.63, 3.8) is 0 Å². The van der Waals surface area contributed by atoms with Crippen molar-refractivity contribution in [3.8, 4) is 0 Å². The van der Waals surface area contributed by atoms with Gasteiger partial charge in [0, 0.05) is 6.54 Å². The van der Waals surface area contributed by atoms with E-state index >= 15 is 0 Å². The highest BCUT2D eigenvalue weighted by molar-refractivity contribution is 5.87. The Morgan fingerprint density at radius 3 is 2.91 bits per heavy atom. The molecule has 0 fully saturated rings. The van der Waals surface area contributed by atoms with E-state index in [0.717, 1.165) is 17.7 Å². The number of anilines is 1. The molecule has 6 heteroatoms. The lowest BCUT2D eigenvalue weighted by molar-refractivity contribution is 0.135. The summed E-state index contributed by atoms with van der Waals surface area (Å²) in [5.74, 6) is 0.679. The Balaban J connectivity index is 1.80. The number of benzene rings is 1. The van der Waals surface area contributed by atoms with Gasteiger partial charge in [-0.05, 0) is 31.4 Å². The predicted octanol–water partition coefficient (Wildman–Crippen LogP) is 2.42. The maximum absolute atomic E-state index is 12.5. The molecule has 116 valence electrons. The Bertz CT molecular complexity index is 676. The maximum atomic E-state index is 12.5. The van der Waals surface area contributed by atoms with Crippen LogP contribution in [0.15, 0.2) is 28.7 Å². The van der Waals surface area contributed by atoms with E-state index in [2.05, 4.69) is 10.3 Å². The molecule has 2 aromatic rings. The van der Waals surface area contributed by atoms with E-state index in [9.17, 15) is 9.90 Å². The molecular formula is C16H19N3O3. The first-order valence-electron chi connectivity index (χ1n) is 7.30. The van der Waals surface area contributed by atoms with Gasteiger partial charge in [-0.25, -0.2) is 4.79 Å². The van der Waals surface area contributed by atoms with Gasteiger partial charge in [0.1, 0.15) is 5.76 Å². The van der Waals surface area contributed by atoms with Crippen molar-refractivity contribution in [1.82, 2.24) is 9.88 Å². The number of hydrogen-bond donors (Lipinski definition) is 2. The number of hydrogen-bond acceptors (Lipinski definition) is 4. The van der Waals surface area contributed by atoms with Gasteiger partial charge in [0.2, 0.25) is 0 Å². The SMILES string of the molecule is Cc1nc(NC(=O)N2CCc3ccccc3C2CO)oc1C. The van der Waals surface area contributed by atoms with Gasteiger partial charge in [0.05, 0.1) is 18.3 Å². The van der Waals surface area contributed by atoms with Crippen LogP contribution < -0.4 is 5.32 Å². The minimum atomic E-state index is -0.345. The van der Waals surface area contributed by atoms with Gasteiger partial charge >= 0.3 is 12.0 Å². The van der Waals surface area contributed by atoms with Crippen LogP contribution in [0.4, 0.5) is 10.8 Å². The molecular weight excluding hydrogens is 282 g/mol. The number of aliphatic hydroxyl groups is 1. The van der Waals surface area contributed by atoms with E-state index in [1.54, 1.807) is 11.8 Å². The largest absolute Gasteiger partial charge is 0.428 e. The number of amides is 2. The van der Waals surface area contributed by atoms with Crippen LogP contribution in [-0.2, 0) is 6.42 Å². The molecule has 0 aliphatic carbocycles. The molecule has 1 aromatic heterocycles. The number of oxazole rings is 1. The molecule has 0 saturated heterocycles. The van der Waals surface area contributed by atoms with Gasteiger partial charge in [-0.15, -0.1) is 0 Å². The average Bonchev–Trinajstić information content (AvgIpc) is 2.83. The van der Waals surface area contributed by atoms with Gasteiger partial charge in [0.25, 0.3) is 0 Å². The van der Waals surface area contributed by atoms with Crippen LogP contribution in [0.25, 0.3) is 0 Å². The van der Waals surface area contributed by atoms with E-state index in [1.165, 1.54) is 5.56 Å². The van der Waals surface area contributed by atoms with Crippen LogP contribution in [0.1, 0.15) is 28.6 Å². The predicted molar refractivity (Wildman–Crippen MR) is 81.7 cm³/mol. The molecule has 1 unspecified atom stereocenters. The fourth-order valence-corrected chi connectivity index (χ4v) is 2.78. The van der Waals surface area contributed by atoms with E-state index in [-0.39, 0.29) is 24.7 Å². The number of nitrogens with one attached hydrogen (secondary N) is 1. The molecule has 3 rings (SSSR count). The van der Waals surface area contributed by atoms with Crippen LogP contribution in [0.3, 0.4) is 0 Å². The number of rotatable bonds is 2. The van der Waals surface area contributed by atoms with Crippen LogP contribution in [0.5, 0.6) is 0 Å². The second kappa shape index (κ2) is 5.81. The van der Waals surface area contributed by atoms with E-state index in [4.69, 9.17) is 4.42 Å². The van der Waals surface area contributed by atoms with Crippen molar-refractivity contribution in [2.24, 2.45) is 0 Å². The van der Waals surface area contributed by atoms with Gasteiger partial charge < -0.3 is 14.4 Å². The van der Waals surface area contributed by atoms with Crippen molar-refractivity contribution >= 4 is 12.0 Å². The summed E-state index contributed by atoms with van der Waals surface area (Å²) in [5, 5.41) is 12.4. The number of aromatic nitrogens is 1. The summed E-state index contributed by atoms with van der Waals surface area (Å²) in [6, 6.07) is 7.42. The lowest BCUT2D eigenvalue weighted by atomic mass is 9.93. The number of urea groups is 1. The molecule has 0 saturated carbocycles. The lowest BCUT2D eigenvalue weighted by Crippen LogP contribution is -2.43. The van der Waals surface area contributed by atoms with E-state index < -0.39 is 0 Å². The van der Waals surface area contributed by atoms with E-state index in [1.807, 2.05) is 31.2 Å². The zero-order valence-corrected chi connectivity index (χ0v) is 12.7.